The zero-order chi connectivity index (χ0) is 21.7. The molecule has 0 aromatic heterocycles. The number of ether oxygens (including phenoxy) is 1. The smallest absolute Gasteiger partial charge is 0.179 e. The molecular weight excluding hydrogens is 406 g/mol. The largest absolute Gasteiger partial charge is 0.496 e. The van der Waals surface area contributed by atoms with Gasteiger partial charge in [-0.25, -0.2) is 0 Å². The number of hydrogen-bond donors (Lipinski definition) is 1. The number of unbranched alkanes of at least 4 members (excludes halogenated alkanes) is 5. The Kier molecular flexibility index (Phi) is 7.50. The third-order valence-corrected chi connectivity index (χ3v) is 8.56. The number of thioether (sulfide) groups is 1. The summed E-state index contributed by atoms with van der Waals surface area (Å²) in [6.07, 6.45) is 10.5. The van der Waals surface area contributed by atoms with E-state index in [9.17, 15) is 5.11 Å². The number of piperidine rings is 1. The monoisotopic (exact) mass is 445 g/mol. The molecule has 1 spiro atoms. The van der Waals surface area contributed by atoms with Crippen LogP contribution >= 0.6 is 11.8 Å². The van der Waals surface area contributed by atoms with Crippen molar-refractivity contribution in [1.29, 1.82) is 0 Å². The van der Waals surface area contributed by atoms with Crippen LogP contribution < -0.4 is 4.74 Å². The number of nitrogens with zero attached hydrogens (tertiary/aromatic N) is 3. The van der Waals surface area contributed by atoms with Crippen LogP contribution in [0.5, 0.6) is 5.75 Å². The van der Waals surface area contributed by atoms with Gasteiger partial charge >= 0.3 is 0 Å². The van der Waals surface area contributed by atoms with E-state index in [1.54, 1.807) is 18.9 Å². The molecule has 3 heterocycles. The van der Waals surface area contributed by atoms with Crippen LogP contribution in [0.15, 0.2) is 29.3 Å². The fraction of sp³-hybridized carbons (Fsp3) is 0.720. The van der Waals surface area contributed by atoms with E-state index in [2.05, 4.69) is 16.7 Å². The summed E-state index contributed by atoms with van der Waals surface area (Å²) in [4.78, 5) is 9.78. The van der Waals surface area contributed by atoms with Crippen LogP contribution in [0.1, 0.15) is 63.9 Å². The maximum Gasteiger partial charge on any atom is 0.179 e. The molecule has 5 nitrogen and oxygen atoms in total. The molecule has 0 radical (unpaired) electrons. The number of methoxy groups -OCH3 is 1. The predicted molar refractivity (Wildman–Crippen MR) is 130 cm³/mol. The first-order valence-corrected chi connectivity index (χ1v) is 13.1. The van der Waals surface area contributed by atoms with E-state index < -0.39 is 5.72 Å². The van der Waals surface area contributed by atoms with Gasteiger partial charge in [0.1, 0.15) is 5.75 Å². The summed E-state index contributed by atoms with van der Waals surface area (Å²) in [5.41, 5.74) is -0.00555. The van der Waals surface area contributed by atoms with Gasteiger partial charge in [0.2, 0.25) is 0 Å². The van der Waals surface area contributed by atoms with Crippen LogP contribution in [0.2, 0.25) is 0 Å². The number of para-hydroxylation sites is 1. The van der Waals surface area contributed by atoms with Gasteiger partial charge in [-0.15, -0.1) is 0 Å². The maximum absolute atomic E-state index is 11.8. The van der Waals surface area contributed by atoms with Gasteiger partial charge in [0.05, 0.1) is 12.9 Å². The van der Waals surface area contributed by atoms with Crippen molar-refractivity contribution in [3.05, 3.63) is 29.8 Å². The van der Waals surface area contributed by atoms with Gasteiger partial charge in [0.15, 0.2) is 10.9 Å². The summed E-state index contributed by atoms with van der Waals surface area (Å²) in [7, 11) is 1.68. The van der Waals surface area contributed by atoms with Crippen LogP contribution in [0, 0.1) is 5.41 Å². The first kappa shape index (κ1) is 22.9. The minimum Gasteiger partial charge on any atom is -0.496 e. The minimum atomic E-state index is -1.04. The minimum absolute atomic E-state index is 0.183. The lowest BCUT2D eigenvalue weighted by atomic mass is 9.76. The Morgan fingerprint density at radius 1 is 1.10 bits per heavy atom. The van der Waals surface area contributed by atoms with Gasteiger partial charge < -0.3 is 19.6 Å². The molecule has 0 bridgehead atoms. The fourth-order valence-electron chi connectivity index (χ4n) is 5.31. The topological polar surface area (TPSA) is 48.3 Å². The third kappa shape index (κ3) is 4.91. The predicted octanol–water partition coefficient (Wildman–Crippen LogP) is 4.70. The molecule has 1 unspecified atom stereocenters. The van der Waals surface area contributed by atoms with Crippen LogP contribution in [0.4, 0.5) is 0 Å². The van der Waals surface area contributed by atoms with Crippen molar-refractivity contribution in [3.8, 4) is 5.75 Å². The molecule has 4 rings (SSSR count). The van der Waals surface area contributed by atoms with Crippen molar-refractivity contribution in [1.82, 2.24) is 9.80 Å². The molecule has 31 heavy (non-hydrogen) atoms. The first-order valence-electron chi connectivity index (χ1n) is 12.1. The average molecular weight is 446 g/mol. The normalized spacial score (nSPS) is 25.5. The second-order valence-electron chi connectivity index (χ2n) is 9.60. The molecule has 2 fully saturated rings. The molecule has 3 aliphatic heterocycles. The molecule has 3 aliphatic rings. The maximum atomic E-state index is 11.8. The van der Waals surface area contributed by atoms with Gasteiger partial charge in [-0.1, -0.05) is 69.0 Å². The Morgan fingerprint density at radius 3 is 2.61 bits per heavy atom. The molecule has 0 amide bonds. The van der Waals surface area contributed by atoms with Crippen molar-refractivity contribution < 1.29 is 9.84 Å². The van der Waals surface area contributed by atoms with Crippen molar-refractivity contribution in [2.45, 2.75) is 64.0 Å². The van der Waals surface area contributed by atoms with Crippen molar-refractivity contribution >= 4 is 16.9 Å². The summed E-state index contributed by atoms with van der Waals surface area (Å²) in [5, 5.41) is 12.8. The van der Waals surface area contributed by atoms with Crippen molar-refractivity contribution in [2.75, 3.05) is 45.6 Å². The zero-order valence-corrected chi connectivity index (χ0v) is 20.1. The van der Waals surface area contributed by atoms with Crippen LogP contribution in [0.3, 0.4) is 0 Å². The van der Waals surface area contributed by atoms with Gasteiger partial charge in [-0.05, 0) is 45.0 Å². The van der Waals surface area contributed by atoms with E-state index in [1.807, 2.05) is 24.3 Å². The zero-order valence-electron chi connectivity index (χ0n) is 19.3. The lowest BCUT2D eigenvalue weighted by molar-refractivity contribution is -0.0765. The number of hydrogen-bond acceptors (Lipinski definition) is 6. The van der Waals surface area contributed by atoms with E-state index >= 15 is 0 Å². The lowest BCUT2D eigenvalue weighted by Crippen LogP contribution is -2.56. The van der Waals surface area contributed by atoms with Crippen LogP contribution in [-0.4, -0.2) is 65.7 Å². The summed E-state index contributed by atoms with van der Waals surface area (Å²) in [6.45, 7) is 7.62. The Hall–Kier alpha value is -1.24. The molecule has 172 valence electrons. The molecule has 1 aromatic rings. The van der Waals surface area contributed by atoms with Crippen LogP contribution in [-0.2, 0) is 5.72 Å². The fourth-order valence-corrected chi connectivity index (χ4v) is 6.48. The molecule has 1 atom stereocenters. The van der Waals surface area contributed by atoms with E-state index in [0.717, 1.165) is 42.7 Å². The molecule has 0 saturated carbocycles. The Balaban J connectivity index is 1.36. The first-order chi connectivity index (χ1) is 15.1. The highest BCUT2D eigenvalue weighted by atomic mass is 32.2. The number of aliphatic hydroxyl groups is 1. The number of amidine groups is 1. The van der Waals surface area contributed by atoms with Gasteiger partial charge in [0, 0.05) is 24.1 Å². The van der Waals surface area contributed by atoms with E-state index in [1.165, 1.54) is 57.9 Å². The molecule has 2 saturated heterocycles. The summed E-state index contributed by atoms with van der Waals surface area (Å²) >= 11 is 1.67. The summed E-state index contributed by atoms with van der Waals surface area (Å²) in [5.74, 6) is 1.35. The number of fused-ring (bicyclic) bond motifs is 1. The highest BCUT2D eigenvalue weighted by Crippen LogP contribution is 2.48. The van der Waals surface area contributed by atoms with Gasteiger partial charge in [0.25, 0.3) is 0 Å². The highest BCUT2D eigenvalue weighted by molar-refractivity contribution is 8.14. The molecule has 1 N–H and O–H groups in total. The Bertz CT molecular complexity index is 763. The van der Waals surface area contributed by atoms with Crippen LogP contribution in [0.25, 0.3) is 0 Å². The molecule has 6 heteroatoms. The summed E-state index contributed by atoms with van der Waals surface area (Å²) in [6, 6.07) is 7.87. The third-order valence-electron chi connectivity index (χ3n) is 7.41. The molecular formula is C25H39N3O2S. The Labute approximate surface area is 192 Å². The standard InChI is InChI=1S/C25H39N3O2S/c1-3-4-5-6-7-10-15-27-16-13-24(14-17-27)18-26-23-28(19-24)25(29,20-31-23)21-11-8-9-12-22(21)30-2/h8-9,11-12,29H,3-7,10,13-20H2,1-2H3. The van der Waals surface area contributed by atoms with Gasteiger partial charge in [-0.3, -0.25) is 4.99 Å². The average Bonchev–Trinajstić information content (AvgIpc) is 3.14. The van der Waals surface area contributed by atoms with E-state index in [-0.39, 0.29) is 5.41 Å². The molecule has 1 aromatic carbocycles. The number of likely N-dealkylation sites (tertiary alicyclic amines) is 1. The van der Waals surface area contributed by atoms with E-state index in [0.29, 0.717) is 5.75 Å². The quantitative estimate of drug-likeness (QED) is 0.558. The number of benzene rings is 1. The lowest BCUT2D eigenvalue weighted by Gasteiger charge is -2.48. The SMILES string of the molecule is CCCCCCCCN1CCC2(CC1)CN=C1SCC(O)(c3ccccc3OC)N1C2. The van der Waals surface area contributed by atoms with Crippen molar-refractivity contribution in [2.24, 2.45) is 10.4 Å². The Morgan fingerprint density at radius 2 is 1.84 bits per heavy atom. The second kappa shape index (κ2) is 10.1. The highest BCUT2D eigenvalue weighted by Gasteiger charge is 2.52. The summed E-state index contributed by atoms with van der Waals surface area (Å²) < 4.78 is 5.58. The number of rotatable bonds is 9. The number of aliphatic imine (C=N–C) groups is 1. The molecule has 0 aliphatic carbocycles. The van der Waals surface area contributed by atoms with E-state index in [4.69, 9.17) is 9.73 Å². The second-order valence-corrected chi connectivity index (χ2v) is 10.5. The van der Waals surface area contributed by atoms with Gasteiger partial charge in [-0.2, -0.15) is 0 Å². The van der Waals surface area contributed by atoms with Crippen molar-refractivity contribution in [3.63, 3.8) is 0 Å².